The second-order valence-electron chi connectivity index (χ2n) is 5.57. The number of hydrogen-bond donors (Lipinski definition) is 0. The van der Waals surface area contributed by atoms with Crippen LogP contribution in [0.4, 0.5) is 0 Å². The molecule has 1 nitrogen and oxygen atoms in total. The van der Waals surface area contributed by atoms with E-state index in [1.165, 1.54) is 36.8 Å². The van der Waals surface area contributed by atoms with Gasteiger partial charge in [-0.1, -0.05) is 42.5 Å². The summed E-state index contributed by atoms with van der Waals surface area (Å²) in [5.41, 5.74) is 4.54. The quantitative estimate of drug-likeness (QED) is 0.317. The number of likely N-dealkylation sites (N-methyl/N-ethyl adjacent to an activating group) is 1. The fourth-order valence-corrected chi connectivity index (χ4v) is 5.00. The second kappa shape index (κ2) is 6.90. The molecule has 0 fully saturated rings. The Morgan fingerprint density at radius 3 is 2.60 bits per heavy atom. The molecule has 1 aliphatic carbocycles. The predicted molar refractivity (Wildman–Crippen MR) is 86.9 cm³/mol. The highest BCUT2D eigenvalue weighted by Gasteiger charge is 2.42. The molecule has 0 saturated carbocycles. The van der Waals surface area contributed by atoms with Gasteiger partial charge in [-0.25, -0.2) is 3.89 Å². The van der Waals surface area contributed by atoms with Crippen molar-refractivity contribution in [1.82, 2.24) is 0 Å². The van der Waals surface area contributed by atoms with Crippen LogP contribution in [0.15, 0.2) is 41.6 Å². The number of quaternary nitrogens is 1. The van der Waals surface area contributed by atoms with Crippen LogP contribution in [0.2, 0.25) is 0 Å². The maximum Gasteiger partial charge on any atom is 0.138 e. The first kappa shape index (κ1) is 16.5. The molecule has 1 heterocycles. The maximum absolute atomic E-state index is 5.59. The first-order chi connectivity index (χ1) is 9.19. The third kappa shape index (κ3) is 3.29. The number of halogens is 1. The van der Waals surface area contributed by atoms with Crippen molar-refractivity contribution in [3.05, 3.63) is 47.2 Å². The van der Waals surface area contributed by atoms with E-state index in [2.05, 4.69) is 37.4 Å². The Hall–Kier alpha value is 0.0900. The lowest BCUT2D eigenvalue weighted by atomic mass is 9.96. The van der Waals surface area contributed by atoms with Crippen molar-refractivity contribution in [2.75, 3.05) is 13.6 Å². The monoisotopic (exact) mass is 417 g/mol. The Labute approximate surface area is 148 Å². The largest absolute Gasteiger partial charge is 1.00 e. The minimum atomic E-state index is 0. The van der Waals surface area contributed by atoms with Crippen molar-refractivity contribution in [2.24, 2.45) is 0 Å². The van der Waals surface area contributed by atoms with Gasteiger partial charge in [-0.15, -0.1) is 0 Å². The van der Waals surface area contributed by atoms with Crippen LogP contribution in [0.25, 0.3) is 0 Å². The first-order valence-corrected chi connectivity index (χ1v) is 8.23. The molecule has 3 rings (SSSR count). The first-order valence-electron chi connectivity index (χ1n) is 7.05. The van der Waals surface area contributed by atoms with E-state index in [9.17, 15) is 0 Å². The van der Waals surface area contributed by atoms with E-state index in [0.717, 1.165) is 21.1 Å². The van der Waals surface area contributed by atoms with Crippen molar-refractivity contribution >= 4 is 28.4 Å². The summed E-state index contributed by atoms with van der Waals surface area (Å²) >= 11 is 7.47. The number of benzene rings is 1. The second-order valence-corrected chi connectivity index (χ2v) is 7.63. The summed E-state index contributed by atoms with van der Waals surface area (Å²) in [6.07, 6.45) is 6.23. The molecule has 0 spiro atoms. The van der Waals surface area contributed by atoms with Gasteiger partial charge in [-0.05, 0) is 24.8 Å². The molecule has 1 aromatic rings. The molecule has 108 valence electrons. The Morgan fingerprint density at radius 2 is 1.85 bits per heavy atom. The molecule has 1 unspecified atom stereocenters. The molecule has 0 N–H and O–H groups in total. The van der Waals surface area contributed by atoms with Crippen LogP contribution in [0.5, 0.6) is 0 Å². The van der Waals surface area contributed by atoms with Gasteiger partial charge in [0.1, 0.15) is 21.8 Å². The summed E-state index contributed by atoms with van der Waals surface area (Å²) in [4.78, 5) is 0. The molecule has 0 bridgehead atoms. The molecule has 0 amide bonds. The van der Waals surface area contributed by atoms with Gasteiger partial charge in [0.2, 0.25) is 0 Å². The van der Waals surface area contributed by atoms with Crippen LogP contribution in [-0.2, 0) is 6.42 Å². The zero-order valence-electron chi connectivity index (χ0n) is 11.8. The van der Waals surface area contributed by atoms with Crippen molar-refractivity contribution in [2.45, 2.75) is 32.1 Å². The average Bonchev–Trinajstić information content (AvgIpc) is 2.71. The van der Waals surface area contributed by atoms with E-state index >= 15 is 0 Å². The highest BCUT2D eigenvalue weighted by Crippen LogP contribution is 2.46. The third-order valence-corrected chi connectivity index (χ3v) is 5.90. The lowest BCUT2D eigenvalue weighted by molar-refractivity contribution is -0.730. The topological polar surface area (TPSA) is 0 Å². The Kier molecular flexibility index (Phi) is 5.68. The standard InChI is InChI=1S/C16H20NS2.HI/c1-17(12-11-13-7-3-2-4-8-13)15-10-6-5-9-14(15)16(18)19-17;/h2-4,7-8H,5-6,9-12H2,1H3;1H/q+1;/p-1. The van der Waals surface area contributed by atoms with E-state index < -0.39 is 0 Å². The average molecular weight is 417 g/mol. The zero-order chi connectivity index (χ0) is 13.3. The van der Waals surface area contributed by atoms with Crippen LogP contribution in [0.3, 0.4) is 0 Å². The normalized spacial score (nSPS) is 25.4. The minimum absolute atomic E-state index is 0. The summed E-state index contributed by atoms with van der Waals surface area (Å²) in [5.74, 6) is 0. The van der Waals surface area contributed by atoms with E-state index in [1.807, 2.05) is 11.9 Å². The van der Waals surface area contributed by atoms with Gasteiger partial charge in [0.25, 0.3) is 0 Å². The smallest absolute Gasteiger partial charge is 0.138 e. The van der Waals surface area contributed by atoms with Crippen LogP contribution < -0.4 is 24.0 Å². The summed E-state index contributed by atoms with van der Waals surface area (Å²) in [5, 5.41) is 0. The molecule has 0 aromatic heterocycles. The SMILES string of the molecule is C[N+]1(CCc2ccccc2)SC(=S)C2=C1CCCC2.[I-]. The maximum atomic E-state index is 5.59. The highest BCUT2D eigenvalue weighted by atomic mass is 127. The van der Waals surface area contributed by atoms with Crippen LogP contribution in [0.1, 0.15) is 31.2 Å². The third-order valence-electron chi connectivity index (χ3n) is 4.21. The summed E-state index contributed by atoms with van der Waals surface area (Å²) < 4.78 is 2.15. The van der Waals surface area contributed by atoms with Gasteiger partial charge >= 0.3 is 0 Å². The number of rotatable bonds is 3. The highest BCUT2D eigenvalue weighted by molar-refractivity contribution is 8.20. The number of allylic oxidation sites excluding steroid dienone is 1. The van der Waals surface area contributed by atoms with E-state index in [4.69, 9.17) is 12.2 Å². The number of nitrogens with zero attached hydrogens (tertiary/aromatic N) is 1. The molecule has 1 aliphatic heterocycles. The fourth-order valence-electron chi connectivity index (χ4n) is 3.09. The van der Waals surface area contributed by atoms with Crippen molar-refractivity contribution < 1.29 is 27.9 Å². The number of hydrogen-bond acceptors (Lipinski definition) is 2. The molecule has 1 aromatic carbocycles. The van der Waals surface area contributed by atoms with Crippen molar-refractivity contribution in [1.29, 1.82) is 0 Å². The Balaban J connectivity index is 0.00000147. The van der Waals surface area contributed by atoms with E-state index in [-0.39, 0.29) is 24.0 Å². The Morgan fingerprint density at radius 1 is 1.15 bits per heavy atom. The number of thiocarbonyl (C=S) groups is 1. The van der Waals surface area contributed by atoms with Gasteiger partial charge in [0, 0.05) is 18.4 Å². The predicted octanol–water partition coefficient (Wildman–Crippen LogP) is 1.50. The molecule has 0 saturated heterocycles. The minimum Gasteiger partial charge on any atom is -1.00 e. The summed E-state index contributed by atoms with van der Waals surface area (Å²) in [6.45, 7) is 1.15. The molecule has 0 radical (unpaired) electrons. The van der Waals surface area contributed by atoms with Gasteiger partial charge in [-0.2, -0.15) is 0 Å². The molecule has 20 heavy (non-hydrogen) atoms. The van der Waals surface area contributed by atoms with Gasteiger partial charge in [0.05, 0.1) is 13.6 Å². The van der Waals surface area contributed by atoms with Crippen molar-refractivity contribution in [3.8, 4) is 0 Å². The molecular formula is C16H20INS2. The molecule has 4 heteroatoms. The zero-order valence-corrected chi connectivity index (χ0v) is 15.6. The molecular weight excluding hydrogens is 397 g/mol. The van der Waals surface area contributed by atoms with Crippen molar-refractivity contribution in [3.63, 3.8) is 0 Å². The fraction of sp³-hybridized carbons (Fsp3) is 0.438. The van der Waals surface area contributed by atoms with Gasteiger partial charge in [-0.3, -0.25) is 0 Å². The molecule has 1 atom stereocenters. The van der Waals surface area contributed by atoms with Gasteiger partial charge in [0.15, 0.2) is 0 Å². The molecule has 2 aliphatic rings. The summed E-state index contributed by atoms with van der Waals surface area (Å²) in [6, 6.07) is 10.8. The van der Waals surface area contributed by atoms with Crippen LogP contribution in [-0.4, -0.2) is 21.7 Å². The van der Waals surface area contributed by atoms with Gasteiger partial charge < -0.3 is 24.0 Å². The summed E-state index contributed by atoms with van der Waals surface area (Å²) in [7, 11) is 2.34. The van der Waals surface area contributed by atoms with Crippen LogP contribution >= 0.6 is 24.2 Å². The van der Waals surface area contributed by atoms with E-state index in [1.54, 1.807) is 5.70 Å². The lowest BCUT2D eigenvalue weighted by Gasteiger charge is -2.30. The Bertz CT molecular complexity index is 527. The van der Waals surface area contributed by atoms with Crippen LogP contribution in [0, 0.1) is 0 Å². The lowest BCUT2D eigenvalue weighted by Crippen LogP contribution is -3.00. The van der Waals surface area contributed by atoms with E-state index in [0.29, 0.717) is 0 Å².